The van der Waals surface area contributed by atoms with E-state index in [1.54, 1.807) is 0 Å². The largest absolute Gasteiger partial charge is 0.383 e. The SMILES string of the molecule is CNc1ccc(C(=O)NC(C)C(N)=O)cc1[N+](=O)[O-]. The van der Waals surface area contributed by atoms with Gasteiger partial charge >= 0.3 is 0 Å². The van der Waals surface area contributed by atoms with Crippen molar-refractivity contribution in [2.45, 2.75) is 13.0 Å². The van der Waals surface area contributed by atoms with Gasteiger partial charge in [0.25, 0.3) is 11.6 Å². The number of carbonyl (C=O) groups is 2. The van der Waals surface area contributed by atoms with E-state index in [0.29, 0.717) is 5.69 Å². The average molecular weight is 266 g/mol. The number of nitro benzene ring substituents is 1. The van der Waals surface area contributed by atoms with Crippen LogP contribution in [-0.4, -0.2) is 29.8 Å². The number of hydrogen-bond donors (Lipinski definition) is 3. The molecular weight excluding hydrogens is 252 g/mol. The van der Waals surface area contributed by atoms with Crippen molar-refractivity contribution in [1.29, 1.82) is 0 Å². The summed E-state index contributed by atoms with van der Waals surface area (Å²) >= 11 is 0. The lowest BCUT2D eigenvalue weighted by molar-refractivity contribution is -0.384. The summed E-state index contributed by atoms with van der Waals surface area (Å²) in [5, 5.41) is 15.8. The maximum Gasteiger partial charge on any atom is 0.293 e. The predicted molar refractivity (Wildman–Crippen MR) is 68.8 cm³/mol. The highest BCUT2D eigenvalue weighted by Crippen LogP contribution is 2.24. The first-order chi connectivity index (χ1) is 8.86. The van der Waals surface area contributed by atoms with Gasteiger partial charge in [-0.05, 0) is 19.1 Å². The third-order valence-corrected chi connectivity index (χ3v) is 2.50. The first-order valence-electron chi connectivity index (χ1n) is 5.43. The topological polar surface area (TPSA) is 127 Å². The molecule has 1 aromatic carbocycles. The smallest absolute Gasteiger partial charge is 0.293 e. The summed E-state index contributed by atoms with van der Waals surface area (Å²) in [5.41, 5.74) is 5.17. The van der Waals surface area contributed by atoms with Crippen LogP contribution >= 0.6 is 0 Å². The molecule has 0 heterocycles. The van der Waals surface area contributed by atoms with Crippen molar-refractivity contribution in [2.75, 3.05) is 12.4 Å². The maximum atomic E-state index is 11.8. The molecule has 0 spiro atoms. The van der Waals surface area contributed by atoms with Crippen molar-refractivity contribution in [3.05, 3.63) is 33.9 Å². The molecule has 0 aliphatic heterocycles. The summed E-state index contributed by atoms with van der Waals surface area (Å²) in [6.45, 7) is 1.43. The first-order valence-corrected chi connectivity index (χ1v) is 5.43. The van der Waals surface area contributed by atoms with Gasteiger partial charge in [-0.1, -0.05) is 0 Å². The molecule has 0 saturated heterocycles. The Hall–Kier alpha value is -2.64. The molecule has 19 heavy (non-hydrogen) atoms. The average Bonchev–Trinajstić information content (AvgIpc) is 2.37. The summed E-state index contributed by atoms with van der Waals surface area (Å²) in [7, 11) is 1.54. The van der Waals surface area contributed by atoms with Crippen LogP contribution in [0, 0.1) is 10.1 Å². The standard InChI is InChI=1S/C11H14N4O4/c1-6(10(12)16)14-11(17)7-3-4-8(13-2)9(5-7)15(18)19/h3-6,13H,1-2H3,(H2,12,16)(H,14,17). The Morgan fingerprint density at radius 2 is 2.05 bits per heavy atom. The minimum absolute atomic E-state index is 0.0822. The van der Waals surface area contributed by atoms with Crippen molar-refractivity contribution < 1.29 is 14.5 Å². The molecule has 4 N–H and O–H groups in total. The van der Waals surface area contributed by atoms with Crippen molar-refractivity contribution >= 4 is 23.2 Å². The van der Waals surface area contributed by atoms with Gasteiger partial charge in [-0.3, -0.25) is 19.7 Å². The first kappa shape index (κ1) is 14.4. The zero-order valence-electron chi connectivity index (χ0n) is 10.5. The molecule has 0 bridgehead atoms. The summed E-state index contributed by atoms with van der Waals surface area (Å²) in [5.74, 6) is -1.29. The van der Waals surface area contributed by atoms with E-state index < -0.39 is 22.8 Å². The van der Waals surface area contributed by atoms with E-state index in [4.69, 9.17) is 5.73 Å². The van der Waals surface area contributed by atoms with Crippen molar-refractivity contribution in [1.82, 2.24) is 5.32 Å². The molecule has 0 aromatic heterocycles. The van der Waals surface area contributed by atoms with Crippen molar-refractivity contribution in [2.24, 2.45) is 5.73 Å². The monoisotopic (exact) mass is 266 g/mol. The lowest BCUT2D eigenvalue weighted by Gasteiger charge is -2.10. The molecule has 0 saturated carbocycles. The highest BCUT2D eigenvalue weighted by molar-refractivity contribution is 5.98. The van der Waals surface area contributed by atoms with Gasteiger partial charge in [-0.25, -0.2) is 0 Å². The van der Waals surface area contributed by atoms with Crippen LogP contribution < -0.4 is 16.4 Å². The second kappa shape index (κ2) is 5.80. The van der Waals surface area contributed by atoms with E-state index in [-0.39, 0.29) is 11.3 Å². The molecule has 1 rings (SSSR count). The fourth-order valence-corrected chi connectivity index (χ4v) is 1.39. The molecule has 0 aliphatic rings. The van der Waals surface area contributed by atoms with E-state index in [1.807, 2.05) is 0 Å². The van der Waals surface area contributed by atoms with Crippen LogP contribution in [0.15, 0.2) is 18.2 Å². The Kier molecular flexibility index (Phi) is 4.41. The zero-order chi connectivity index (χ0) is 14.6. The fraction of sp³-hybridized carbons (Fsp3) is 0.273. The number of benzene rings is 1. The van der Waals surface area contributed by atoms with E-state index in [0.717, 1.165) is 6.07 Å². The van der Waals surface area contributed by atoms with E-state index in [1.165, 1.54) is 26.1 Å². The van der Waals surface area contributed by atoms with Crippen molar-refractivity contribution in [3.63, 3.8) is 0 Å². The quantitative estimate of drug-likeness (QED) is 0.519. The molecule has 0 radical (unpaired) electrons. The highest BCUT2D eigenvalue weighted by atomic mass is 16.6. The summed E-state index contributed by atoms with van der Waals surface area (Å²) in [6.07, 6.45) is 0. The van der Waals surface area contributed by atoms with Gasteiger partial charge in [0.05, 0.1) is 4.92 Å². The number of amides is 2. The van der Waals surface area contributed by atoms with Gasteiger partial charge in [0.15, 0.2) is 0 Å². The van der Waals surface area contributed by atoms with Crippen LogP contribution in [0.4, 0.5) is 11.4 Å². The van der Waals surface area contributed by atoms with Crippen molar-refractivity contribution in [3.8, 4) is 0 Å². The third kappa shape index (κ3) is 3.41. The zero-order valence-corrected chi connectivity index (χ0v) is 10.5. The number of nitrogens with zero attached hydrogens (tertiary/aromatic N) is 1. The number of hydrogen-bond acceptors (Lipinski definition) is 5. The molecular formula is C11H14N4O4. The van der Waals surface area contributed by atoms with E-state index in [9.17, 15) is 19.7 Å². The Bertz CT molecular complexity index is 529. The predicted octanol–water partition coefficient (Wildman–Crippen LogP) is 0.240. The lowest BCUT2D eigenvalue weighted by atomic mass is 10.1. The van der Waals surface area contributed by atoms with E-state index >= 15 is 0 Å². The van der Waals surface area contributed by atoms with Gasteiger partial charge in [0.2, 0.25) is 5.91 Å². The minimum atomic E-state index is -0.851. The molecule has 0 fully saturated rings. The van der Waals surface area contributed by atoms with Gasteiger partial charge in [0, 0.05) is 18.7 Å². The molecule has 1 unspecified atom stereocenters. The highest BCUT2D eigenvalue weighted by Gasteiger charge is 2.19. The van der Waals surface area contributed by atoms with Gasteiger partial charge in [-0.2, -0.15) is 0 Å². The van der Waals surface area contributed by atoms with Gasteiger partial charge in [0.1, 0.15) is 11.7 Å². The summed E-state index contributed by atoms with van der Waals surface area (Å²) in [6, 6.07) is 3.12. The number of nitrogens with two attached hydrogens (primary N) is 1. The molecule has 8 heteroatoms. The summed E-state index contributed by atoms with van der Waals surface area (Å²) < 4.78 is 0. The number of primary amides is 1. The third-order valence-electron chi connectivity index (χ3n) is 2.50. The number of nitro groups is 1. The minimum Gasteiger partial charge on any atom is -0.383 e. The normalized spacial score (nSPS) is 11.5. The second-order valence-electron chi connectivity index (χ2n) is 3.84. The van der Waals surface area contributed by atoms with Gasteiger partial charge in [-0.15, -0.1) is 0 Å². The molecule has 102 valence electrons. The van der Waals surface area contributed by atoms with Gasteiger partial charge < -0.3 is 16.4 Å². The lowest BCUT2D eigenvalue weighted by Crippen LogP contribution is -2.42. The molecule has 0 aliphatic carbocycles. The van der Waals surface area contributed by atoms with Crippen LogP contribution in [0.1, 0.15) is 17.3 Å². The number of carbonyl (C=O) groups excluding carboxylic acids is 2. The Morgan fingerprint density at radius 3 is 2.53 bits per heavy atom. The van der Waals surface area contributed by atoms with Crippen LogP contribution in [0.25, 0.3) is 0 Å². The number of nitrogens with one attached hydrogen (secondary N) is 2. The van der Waals surface area contributed by atoms with Crippen LogP contribution in [0.2, 0.25) is 0 Å². The fourth-order valence-electron chi connectivity index (χ4n) is 1.39. The van der Waals surface area contributed by atoms with Crippen LogP contribution in [0.5, 0.6) is 0 Å². The molecule has 8 nitrogen and oxygen atoms in total. The maximum absolute atomic E-state index is 11.8. The Balaban J connectivity index is 3.02. The van der Waals surface area contributed by atoms with Crippen LogP contribution in [0.3, 0.4) is 0 Å². The summed E-state index contributed by atoms with van der Waals surface area (Å²) in [4.78, 5) is 32.9. The second-order valence-corrected chi connectivity index (χ2v) is 3.84. The van der Waals surface area contributed by atoms with E-state index in [2.05, 4.69) is 10.6 Å². The number of rotatable bonds is 5. The Labute approximate surface area is 109 Å². The van der Waals surface area contributed by atoms with Crippen LogP contribution in [-0.2, 0) is 4.79 Å². The number of anilines is 1. The molecule has 1 atom stereocenters. The molecule has 2 amide bonds. The molecule has 1 aromatic rings. The Morgan fingerprint density at radius 1 is 1.42 bits per heavy atom.